The maximum Gasteiger partial charge on any atom is 0.309 e. The minimum atomic E-state index is -0.690. The third-order valence-corrected chi connectivity index (χ3v) is 2.14. The van der Waals surface area contributed by atoms with Crippen LogP contribution in [0.25, 0.3) is 0 Å². The Morgan fingerprint density at radius 2 is 2.44 bits per heavy atom. The lowest BCUT2D eigenvalue weighted by molar-refractivity contribution is -0.140. The second-order valence-electron chi connectivity index (χ2n) is 2.65. The van der Waals surface area contributed by atoms with Gasteiger partial charge in [-0.3, -0.25) is 4.79 Å². The molecule has 2 aliphatic rings. The van der Waals surface area contributed by atoms with Crippen LogP contribution in [-0.4, -0.2) is 23.8 Å². The van der Waals surface area contributed by atoms with Gasteiger partial charge < -0.3 is 9.84 Å². The van der Waals surface area contributed by atoms with E-state index in [2.05, 4.69) is 0 Å². The van der Waals surface area contributed by atoms with E-state index in [1.807, 2.05) is 0 Å². The van der Waals surface area contributed by atoms with Crippen LogP contribution >= 0.6 is 0 Å². The van der Waals surface area contributed by atoms with Crippen molar-refractivity contribution in [2.45, 2.75) is 12.5 Å². The Morgan fingerprint density at radius 3 is 2.78 bits per heavy atom. The molecule has 3 nitrogen and oxygen atoms in total. The molecule has 1 N–H and O–H groups in total. The molecular weight excluding hydrogens is 120 g/mol. The molecule has 1 saturated heterocycles. The predicted octanol–water partition coefficient (Wildman–Crippen LogP) is 0.106. The number of fused-ring (bicyclic) bond motifs is 1. The molecule has 0 aromatic carbocycles. The normalized spacial score (nSPS) is 46.4. The van der Waals surface area contributed by atoms with E-state index in [1.54, 1.807) is 0 Å². The summed E-state index contributed by atoms with van der Waals surface area (Å²) in [4.78, 5) is 10.3. The Labute approximate surface area is 52.6 Å². The van der Waals surface area contributed by atoms with E-state index < -0.39 is 5.97 Å². The van der Waals surface area contributed by atoms with Crippen molar-refractivity contribution in [1.29, 1.82) is 0 Å². The SMILES string of the molecule is O=C(O)[C@H]1[C@@H]2CCO[C@@H]21. The molecule has 0 bridgehead atoms. The lowest BCUT2D eigenvalue weighted by Gasteiger charge is -1.95. The van der Waals surface area contributed by atoms with Crippen LogP contribution in [-0.2, 0) is 9.53 Å². The van der Waals surface area contributed by atoms with Gasteiger partial charge >= 0.3 is 5.97 Å². The summed E-state index contributed by atoms with van der Waals surface area (Å²) >= 11 is 0. The summed E-state index contributed by atoms with van der Waals surface area (Å²) in [7, 11) is 0. The Hall–Kier alpha value is -0.570. The number of aliphatic carboxylic acids is 1. The molecule has 1 aliphatic carbocycles. The highest BCUT2D eigenvalue weighted by atomic mass is 16.5. The molecule has 0 radical (unpaired) electrons. The number of carbonyl (C=O) groups is 1. The lowest BCUT2D eigenvalue weighted by Crippen LogP contribution is -2.07. The molecule has 9 heavy (non-hydrogen) atoms. The smallest absolute Gasteiger partial charge is 0.309 e. The largest absolute Gasteiger partial charge is 0.481 e. The minimum Gasteiger partial charge on any atom is -0.481 e. The maximum absolute atomic E-state index is 10.3. The van der Waals surface area contributed by atoms with Gasteiger partial charge in [0.2, 0.25) is 0 Å². The van der Waals surface area contributed by atoms with Crippen molar-refractivity contribution in [2.24, 2.45) is 11.8 Å². The third-order valence-electron chi connectivity index (χ3n) is 2.14. The molecule has 3 heteroatoms. The van der Waals surface area contributed by atoms with Crippen LogP contribution in [0, 0.1) is 11.8 Å². The fraction of sp³-hybridized carbons (Fsp3) is 0.833. The first-order chi connectivity index (χ1) is 4.30. The quantitative estimate of drug-likeness (QED) is 0.545. The highest BCUT2D eigenvalue weighted by Gasteiger charge is 2.58. The molecule has 3 atom stereocenters. The molecule has 0 aromatic heterocycles. The van der Waals surface area contributed by atoms with Crippen molar-refractivity contribution in [3.63, 3.8) is 0 Å². The highest BCUT2D eigenvalue weighted by Crippen LogP contribution is 2.48. The van der Waals surface area contributed by atoms with Gasteiger partial charge in [0, 0.05) is 12.5 Å². The number of rotatable bonds is 1. The zero-order valence-electron chi connectivity index (χ0n) is 4.91. The average Bonchev–Trinajstić information content (AvgIpc) is 2.30. The van der Waals surface area contributed by atoms with Crippen molar-refractivity contribution in [1.82, 2.24) is 0 Å². The van der Waals surface area contributed by atoms with E-state index in [-0.39, 0.29) is 12.0 Å². The fourth-order valence-corrected chi connectivity index (χ4v) is 1.58. The summed E-state index contributed by atoms with van der Waals surface area (Å²) in [6.45, 7) is 0.763. The van der Waals surface area contributed by atoms with Crippen molar-refractivity contribution in [3.05, 3.63) is 0 Å². The second-order valence-corrected chi connectivity index (χ2v) is 2.65. The van der Waals surface area contributed by atoms with E-state index in [0.29, 0.717) is 5.92 Å². The zero-order valence-corrected chi connectivity index (χ0v) is 4.91. The second kappa shape index (κ2) is 1.48. The van der Waals surface area contributed by atoms with Crippen LogP contribution in [0.3, 0.4) is 0 Å². The molecule has 2 rings (SSSR count). The van der Waals surface area contributed by atoms with Gasteiger partial charge in [0.25, 0.3) is 0 Å². The van der Waals surface area contributed by atoms with E-state index in [9.17, 15) is 4.79 Å². The van der Waals surface area contributed by atoms with Crippen molar-refractivity contribution >= 4 is 5.97 Å². The summed E-state index contributed by atoms with van der Waals surface area (Å²) < 4.78 is 5.12. The molecule has 50 valence electrons. The van der Waals surface area contributed by atoms with Crippen LogP contribution in [0.1, 0.15) is 6.42 Å². The molecule has 0 unspecified atom stereocenters. The molecular formula is C6H8O3. The first-order valence-electron chi connectivity index (χ1n) is 3.15. The van der Waals surface area contributed by atoms with Crippen molar-refractivity contribution in [3.8, 4) is 0 Å². The summed E-state index contributed by atoms with van der Waals surface area (Å²) in [6, 6.07) is 0. The summed E-state index contributed by atoms with van der Waals surface area (Å²) in [5.74, 6) is -0.508. The molecule has 0 aromatic rings. The standard InChI is InChI=1S/C6H8O3/c7-6(8)4-3-1-2-9-5(3)4/h3-5H,1-2H2,(H,7,8)/t3-,4-,5-/m0/s1. The van der Waals surface area contributed by atoms with Gasteiger partial charge in [0.1, 0.15) is 0 Å². The van der Waals surface area contributed by atoms with E-state index in [4.69, 9.17) is 9.84 Å². The number of hydrogen-bond acceptors (Lipinski definition) is 2. The molecule has 1 heterocycles. The van der Waals surface area contributed by atoms with E-state index in [1.165, 1.54) is 0 Å². The predicted molar refractivity (Wildman–Crippen MR) is 29.0 cm³/mol. The van der Waals surface area contributed by atoms with Gasteiger partial charge in [0.15, 0.2) is 0 Å². The van der Waals surface area contributed by atoms with Gasteiger partial charge in [-0.1, -0.05) is 0 Å². The van der Waals surface area contributed by atoms with Crippen LogP contribution in [0.15, 0.2) is 0 Å². The van der Waals surface area contributed by atoms with Gasteiger partial charge in [0.05, 0.1) is 12.0 Å². The van der Waals surface area contributed by atoms with Crippen LogP contribution in [0.4, 0.5) is 0 Å². The maximum atomic E-state index is 10.3. The van der Waals surface area contributed by atoms with Gasteiger partial charge in [-0.15, -0.1) is 0 Å². The van der Waals surface area contributed by atoms with Gasteiger partial charge in [-0.25, -0.2) is 0 Å². The summed E-state index contributed by atoms with van der Waals surface area (Å²) in [6.07, 6.45) is 1.02. The Kier molecular flexibility index (Phi) is 0.858. The van der Waals surface area contributed by atoms with Crippen LogP contribution in [0.5, 0.6) is 0 Å². The average molecular weight is 128 g/mol. The van der Waals surface area contributed by atoms with Crippen molar-refractivity contribution in [2.75, 3.05) is 6.61 Å². The van der Waals surface area contributed by atoms with E-state index in [0.717, 1.165) is 13.0 Å². The number of carboxylic acids is 1. The van der Waals surface area contributed by atoms with Crippen molar-refractivity contribution < 1.29 is 14.6 Å². The topological polar surface area (TPSA) is 46.5 Å². The Bertz CT molecular complexity index is 144. The number of ether oxygens (including phenoxy) is 1. The fourth-order valence-electron chi connectivity index (χ4n) is 1.58. The lowest BCUT2D eigenvalue weighted by atomic mass is 10.2. The molecule has 1 saturated carbocycles. The molecule has 2 fully saturated rings. The highest BCUT2D eigenvalue weighted by molar-refractivity contribution is 5.75. The summed E-state index contributed by atoms with van der Waals surface area (Å²) in [5.41, 5.74) is 0. The van der Waals surface area contributed by atoms with Gasteiger partial charge in [-0.2, -0.15) is 0 Å². The first-order valence-corrected chi connectivity index (χ1v) is 3.15. The van der Waals surface area contributed by atoms with Gasteiger partial charge in [-0.05, 0) is 6.42 Å². The van der Waals surface area contributed by atoms with E-state index >= 15 is 0 Å². The van der Waals surface area contributed by atoms with Crippen LogP contribution in [0.2, 0.25) is 0 Å². The zero-order chi connectivity index (χ0) is 6.43. The third kappa shape index (κ3) is 0.580. The Morgan fingerprint density at radius 1 is 1.67 bits per heavy atom. The van der Waals surface area contributed by atoms with Crippen LogP contribution < -0.4 is 0 Å². The minimum absolute atomic E-state index is 0.0718. The molecule has 1 aliphatic heterocycles. The summed E-state index contributed by atoms with van der Waals surface area (Å²) in [5, 5.41) is 8.48. The molecule has 0 amide bonds. The number of hydrogen-bond donors (Lipinski definition) is 1. The Balaban J connectivity index is 2.02. The number of carboxylic acid groups (broad SMARTS) is 1. The molecule has 0 spiro atoms. The first kappa shape index (κ1) is 5.23. The monoisotopic (exact) mass is 128 g/mol.